The van der Waals surface area contributed by atoms with E-state index in [1.165, 1.54) is 12.3 Å². The lowest BCUT2D eigenvalue weighted by Gasteiger charge is -2.16. The van der Waals surface area contributed by atoms with Crippen LogP contribution in [0.15, 0.2) is 28.9 Å². The molecule has 1 atom stereocenters. The van der Waals surface area contributed by atoms with E-state index in [4.69, 9.17) is 9.52 Å². The normalized spacial score (nSPS) is 12.0. The van der Waals surface area contributed by atoms with Crippen LogP contribution in [0.1, 0.15) is 30.8 Å². The Labute approximate surface area is 143 Å². The van der Waals surface area contributed by atoms with Gasteiger partial charge < -0.3 is 20.2 Å². The van der Waals surface area contributed by atoms with Gasteiger partial charge in [0.25, 0.3) is 5.91 Å². The van der Waals surface area contributed by atoms with Gasteiger partial charge in [-0.2, -0.15) is 5.10 Å². The number of furan rings is 1. The van der Waals surface area contributed by atoms with E-state index in [1.54, 1.807) is 12.1 Å². The maximum absolute atomic E-state index is 12.0. The number of aromatic nitrogens is 2. The van der Waals surface area contributed by atoms with Crippen LogP contribution in [0, 0.1) is 5.92 Å². The summed E-state index contributed by atoms with van der Waals surface area (Å²) in [5.41, 5.74) is 0.624. The monoisotopic (exact) mass is 348 g/mol. The van der Waals surface area contributed by atoms with Gasteiger partial charge in [0, 0.05) is 6.07 Å². The fourth-order valence-electron chi connectivity index (χ4n) is 2.19. The van der Waals surface area contributed by atoms with E-state index < -0.39 is 23.8 Å². The fraction of sp³-hybridized carbons (Fsp3) is 0.375. The van der Waals surface area contributed by atoms with Crippen molar-refractivity contribution in [3.63, 3.8) is 0 Å². The molecule has 0 aromatic carbocycles. The molecule has 25 heavy (non-hydrogen) atoms. The number of amides is 2. The Balaban J connectivity index is 1.87. The minimum absolute atomic E-state index is 0.0937. The highest BCUT2D eigenvalue weighted by Gasteiger charge is 2.21. The molecule has 4 N–H and O–H groups in total. The van der Waals surface area contributed by atoms with E-state index in [2.05, 4.69) is 20.8 Å². The minimum Gasteiger partial charge on any atom is -0.480 e. The van der Waals surface area contributed by atoms with Crippen molar-refractivity contribution in [3.8, 4) is 11.5 Å². The third kappa shape index (κ3) is 5.20. The summed E-state index contributed by atoms with van der Waals surface area (Å²) in [5, 5.41) is 20.4. The van der Waals surface area contributed by atoms with Gasteiger partial charge in [0.15, 0.2) is 11.5 Å². The molecule has 0 bridgehead atoms. The largest absolute Gasteiger partial charge is 0.480 e. The van der Waals surface area contributed by atoms with Gasteiger partial charge in [-0.1, -0.05) is 13.8 Å². The highest BCUT2D eigenvalue weighted by atomic mass is 16.4. The van der Waals surface area contributed by atoms with Crippen LogP contribution in [0.3, 0.4) is 0 Å². The first kappa shape index (κ1) is 18.2. The van der Waals surface area contributed by atoms with Crippen molar-refractivity contribution in [2.45, 2.75) is 26.3 Å². The Bertz CT molecular complexity index is 736. The number of carbonyl (C=O) groups is 3. The Morgan fingerprint density at radius 3 is 2.72 bits per heavy atom. The second kappa shape index (κ2) is 8.13. The molecule has 0 radical (unpaired) electrons. The zero-order valence-corrected chi connectivity index (χ0v) is 13.9. The van der Waals surface area contributed by atoms with Crippen LogP contribution in [0.5, 0.6) is 0 Å². The molecule has 9 nitrogen and oxygen atoms in total. The zero-order valence-electron chi connectivity index (χ0n) is 13.9. The quantitative estimate of drug-likeness (QED) is 0.562. The second-order valence-corrected chi connectivity index (χ2v) is 5.91. The Morgan fingerprint density at radius 2 is 2.12 bits per heavy atom. The molecular weight excluding hydrogens is 328 g/mol. The maximum Gasteiger partial charge on any atom is 0.326 e. The fourth-order valence-corrected chi connectivity index (χ4v) is 2.19. The highest BCUT2D eigenvalue weighted by molar-refractivity contribution is 5.96. The van der Waals surface area contributed by atoms with Crippen molar-refractivity contribution < 1.29 is 23.9 Å². The van der Waals surface area contributed by atoms with Crippen LogP contribution < -0.4 is 10.6 Å². The van der Waals surface area contributed by atoms with Gasteiger partial charge >= 0.3 is 5.97 Å². The molecule has 0 saturated carbocycles. The summed E-state index contributed by atoms with van der Waals surface area (Å²) in [5.74, 6) is -1.60. The van der Waals surface area contributed by atoms with Crippen molar-refractivity contribution in [2.24, 2.45) is 5.92 Å². The molecule has 0 aliphatic heterocycles. The van der Waals surface area contributed by atoms with Crippen molar-refractivity contribution in [1.29, 1.82) is 0 Å². The van der Waals surface area contributed by atoms with Crippen LogP contribution in [-0.2, 0) is 9.59 Å². The lowest BCUT2D eigenvalue weighted by Crippen LogP contribution is -2.46. The van der Waals surface area contributed by atoms with Gasteiger partial charge in [0.05, 0.1) is 12.8 Å². The molecule has 2 aromatic rings. The van der Waals surface area contributed by atoms with Crippen LogP contribution in [0.25, 0.3) is 11.5 Å². The minimum atomic E-state index is -1.11. The predicted molar refractivity (Wildman–Crippen MR) is 87.6 cm³/mol. The van der Waals surface area contributed by atoms with Gasteiger partial charge in [-0.05, 0) is 24.5 Å². The molecule has 134 valence electrons. The molecular formula is C16H20N4O5. The average molecular weight is 348 g/mol. The molecule has 0 unspecified atom stereocenters. The molecule has 0 aliphatic rings. The molecule has 0 saturated heterocycles. The lowest BCUT2D eigenvalue weighted by atomic mass is 10.0. The lowest BCUT2D eigenvalue weighted by molar-refractivity contribution is -0.142. The zero-order chi connectivity index (χ0) is 18.4. The number of carboxylic acid groups (broad SMARTS) is 1. The number of hydrogen-bond donors (Lipinski definition) is 4. The number of nitrogens with one attached hydrogen (secondary N) is 3. The van der Waals surface area contributed by atoms with Gasteiger partial charge in [-0.25, -0.2) is 4.79 Å². The van der Waals surface area contributed by atoms with Crippen LogP contribution >= 0.6 is 0 Å². The molecule has 2 heterocycles. The maximum atomic E-state index is 12.0. The van der Waals surface area contributed by atoms with Gasteiger partial charge in [-0.15, -0.1) is 0 Å². The van der Waals surface area contributed by atoms with Gasteiger partial charge in [-0.3, -0.25) is 14.7 Å². The smallest absolute Gasteiger partial charge is 0.326 e. The molecule has 2 amide bonds. The summed E-state index contributed by atoms with van der Waals surface area (Å²) < 4.78 is 5.19. The SMILES string of the molecule is CC(C)C[C@H](NC(=O)CNC(=O)c1cc(-c2ccco2)[nH]n1)C(=O)O. The van der Waals surface area contributed by atoms with Crippen molar-refractivity contribution in [2.75, 3.05) is 6.54 Å². The molecule has 0 spiro atoms. The van der Waals surface area contributed by atoms with Gasteiger partial charge in [0.1, 0.15) is 11.7 Å². The third-order valence-electron chi connectivity index (χ3n) is 3.35. The molecule has 2 aromatic heterocycles. The van der Waals surface area contributed by atoms with E-state index in [0.29, 0.717) is 17.9 Å². The molecule has 2 rings (SSSR count). The molecule has 9 heteroatoms. The average Bonchev–Trinajstić information content (AvgIpc) is 3.22. The Hall–Kier alpha value is -3.10. The van der Waals surface area contributed by atoms with E-state index in [-0.39, 0.29) is 18.2 Å². The number of nitrogens with zero attached hydrogens (tertiary/aromatic N) is 1. The van der Waals surface area contributed by atoms with Gasteiger partial charge in [0.2, 0.25) is 5.91 Å². The van der Waals surface area contributed by atoms with Crippen molar-refractivity contribution >= 4 is 17.8 Å². The summed E-state index contributed by atoms with van der Waals surface area (Å²) in [6.45, 7) is 3.37. The van der Waals surface area contributed by atoms with E-state index in [1.807, 2.05) is 13.8 Å². The number of rotatable bonds is 8. The first-order valence-electron chi connectivity index (χ1n) is 7.76. The summed E-state index contributed by atoms with van der Waals surface area (Å²) in [6.07, 6.45) is 1.80. The topological polar surface area (TPSA) is 137 Å². The molecule has 0 fully saturated rings. The van der Waals surface area contributed by atoms with E-state index in [0.717, 1.165) is 0 Å². The predicted octanol–water partition coefficient (Wildman–Crippen LogP) is 1.01. The van der Waals surface area contributed by atoms with Crippen molar-refractivity contribution in [1.82, 2.24) is 20.8 Å². The standard InChI is InChI=1S/C16H20N4O5/c1-9(2)6-12(16(23)24)18-14(21)8-17-15(22)11-7-10(19-20-11)13-4-3-5-25-13/h3-5,7,9,12H,6,8H2,1-2H3,(H,17,22)(H,18,21)(H,19,20)(H,23,24)/t12-/m0/s1. The summed E-state index contributed by atoms with van der Waals surface area (Å²) in [4.78, 5) is 35.0. The first-order valence-corrected chi connectivity index (χ1v) is 7.76. The van der Waals surface area contributed by atoms with Crippen LogP contribution in [0.4, 0.5) is 0 Å². The number of aliphatic carboxylic acids is 1. The summed E-state index contributed by atoms with van der Waals surface area (Å²) >= 11 is 0. The number of hydrogen-bond acceptors (Lipinski definition) is 5. The number of aromatic amines is 1. The first-order chi connectivity index (χ1) is 11.9. The Morgan fingerprint density at radius 1 is 1.36 bits per heavy atom. The Kier molecular flexibility index (Phi) is 5.93. The van der Waals surface area contributed by atoms with E-state index >= 15 is 0 Å². The highest BCUT2D eigenvalue weighted by Crippen LogP contribution is 2.17. The summed E-state index contributed by atoms with van der Waals surface area (Å²) in [7, 11) is 0. The molecule has 0 aliphatic carbocycles. The third-order valence-corrected chi connectivity index (χ3v) is 3.35. The van der Waals surface area contributed by atoms with Crippen molar-refractivity contribution in [3.05, 3.63) is 30.2 Å². The van der Waals surface area contributed by atoms with Crippen LogP contribution in [-0.4, -0.2) is 45.7 Å². The summed E-state index contributed by atoms with van der Waals surface area (Å²) in [6, 6.07) is 3.92. The van der Waals surface area contributed by atoms with E-state index in [9.17, 15) is 14.4 Å². The second-order valence-electron chi connectivity index (χ2n) is 5.91. The van der Waals surface area contributed by atoms with Crippen LogP contribution in [0.2, 0.25) is 0 Å². The number of H-pyrrole nitrogens is 1. The number of carbonyl (C=O) groups excluding carboxylic acids is 2. The number of carboxylic acids is 1.